The van der Waals surface area contributed by atoms with Crippen LogP contribution in [-0.4, -0.2) is 45.6 Å². The number of aromatic nitrogens is 4. The van der Waals surface area contributed by atoms with Crippen LogP contribution in [0.25, 0.3) is 11.2 Å². The minimum atomic E-state index is 0.440. The number of hydrogen-bond acceptors (Lipinski definition) is 5. The maximum absolute atomic E-state index is 4.37. The number of rotatable bonds is 1. The van der Waals surface area contributed by atoms with Crippen molar-refractivity contribution in [1.82, 2.24) is 25.3 Å². The molecule has 2 aromatic rings. The molecule has 0 saturated carbocycles. The van der Waals surface area contributed by atoms with Crippen molar-refractivity contribution in [2.75, 3.05) is 24.5 Å². The molecule has 0 amide bonds. The number of fused-ring (bicyclic) bond motifs is 1. The predicted octanol–water partition coefficient (Wildman–Crippen LogP) is 0.151. The van der Waals surface area contributed by atoms with Gasteiger partial charge in [-0.25, -0.2) is 15.0 Å². The first kappa shape index (κ1) is 9.53. The molecular weight excluding hydrogens is 204 g/mol. The second-order valence-electron chi connectivity index (χ2n) is 4.04. The van der Waals surface area contributed by atoms with E-state index in [1.54, 1.807) is 12.7 Å². The Bertz CT molecular complexity index is 493. The third-order valence-electron chi connectivity index (χ3n) is 2.98. The van der Waals surface area contributed by atoms with Gasteiger partial charge in [0.05, 0.1) is 6.33 Å². The Balaban J connectivity index is 2.07. The van der Waals surface area contributed by atoms with Crippen molar-refractivity contribution in [3.63, 3.8) is 0 Å². The molecule has 1 atom stereocenters. The fourth-order valence-electron chi connectivity index (χ4n) is 2.13. The van der Waals surface area contributed by atoms with Gasteiger partial charge in [0.2, 0.25) is 0 Å². The smallest absolute Gasteiger partial charge is 0.182 e. The fourth-order valence-corrected chi connectivity index (χ4v) is 2.13. The van der Waals surface area contributed by atoms with E-state index >= 15 is 0 Å². The van der Waals surface area contributed by atoms with Crippen LogP contribution in [0.1, 0.15) is 6.92 Å². The van der Waals surface area contributed by atoms with E-state index in [4.69, 9.17) is 0 Å². The molecule has 0 aliphatic carbocycles. The van der Waals surface area contributed by atoms with E-state index in [0.29, 0.717) is 6.04 Å². The Morgan fingerprint density at radius 2 is 2.31 bits per heavy atom. The molecule has 1 fully saturated rings. The Labute approximate surface area is 93.1 Å². The first-order valence-corrected chi connectivity index (χ1v) is 5.47. The quantitative estimate of drug-likeness (QED) is 0.713. The average molecular weight is 218 g/mol. The van der Waals surface area contributed by atoms with E-state index < -0.39 is 0 Å². The highest BCUT2D eigenvalue weighted by atomic mass is 15.3. The number of nitrogens with zero attached hydrogens (tertiary/aromatic N) is 4. The summed E-state index contributed by atoms with van der Waals surface area (Å²) in [7, 11) is 0. The number of H-pyrrole nitrogens is 1. The number of nitrogens with one attached hydrogen (secondary N) is 2. The fraction of sp³-hybridized carbons (Fsp3) is 0.500. The second kappa shape index (κ2) is 3.71. The van der Waals surface area contributed by atoms with Crippen LogP contribution in [0, 0.1) is 0 Å². The molecule has 0 spiro atoms. The molecule has 2 aromatic heterocycles. The molecule has 84 valence electrons. The van der Waals surface area contributed by atoms with Gasteiger partial charge in [-0.1, -0.05) is 0 Å². The van der Waals surface area contributed by atoms with Crippen molar-refractivity contribution in [1.29, 1.82) is 0 Å². The standard InChI is InChI=1S/C10H14N6/c1-7-4-11-2-3-16(7)10-8-9(13-5-12-8)14-6-15-10/h5-7,11H,2-4H2,1H3,(H,12,13,14,15). The van der Waals surface area contributed by atoms with Crippen molar-refractivity contribution < 1.29 is 0 Å². The number of imidazole rings is 1. The van der Waals surface area contributed by atoms with Gasteiger partial charge in [0.15, 0.2) is 11.5 Å². The van der Waals surface area contributed by atoms with E-state index in [0.717, 1.165) is 36.6 Å². The predicted molar refractivity (Wildman–Crippen MR) is 61.4 cm³/mol. The molecule has 1 aliphatic heterocycles. The van der Waals surface area contributed by atoms with Gasteiger partial charge >= 0.3 is 0 Å². The molecular formula is C10H14N6. The van der Waals surface area contributed by atoms with Gasteiger partial charge in [-0.15, -0.1) is 0 Å². The minimum Gasteiger partial charge on any atom is -0.349 e. The number of piperazine rings is 1. The van der Waals surface area contributed by atoms with Crippen molar-refractivity contribution in [2.24, 2.45) is 0 Å². The van der Waals surface area contributed by atoms with Gasteiger partial charge in [0.25, 0.3) is 0 Å². The summed E-state index contributed by atoms with van der Waals surface area (Å²) in [5, 5.41) is 3.37. The summed E-state index contributed by atoms with van der Waals surface area (Å²) in [6, 6.07) is 0.440. The lowest BCUT2D eigenvalue weighted by molar-refractivity contribution is 0.498. The van der Waals surface area contributed by atoms with E-state index in [1.807, 2.05) is 0 Å². The Hall–Kier alpha value is -1.69. The van der Waals surface area contributed by atoms with E-state index in [2.05, 4.69) is 37.1 Å². The molecule has 1 saturated heterocycles. The van der Waals surface area contributed by atoms with Crippen LogP contribution in [0.2, 0.25) is 0 Å². The Morgan fingerprint density at radius 3 is 3.19 bits per heavy atom. The number of anilines is 1. The lowest BCUT2D eigenvalue weighted by Gasteiger charge is -2.34. The summed E-state index contributed by atoms with van der Waals surface area (Å²) in [5.41, 5.74) is 1.66. The van der Waals surface area contributed by atoms with Gasteiger partial charge in [0, 0.05) is 25.7 Å². The summed E-state index contributed by atoms with van der Waals surface area (Å²) in [5.74, 6) is 0.955. The molecule has 3 heterocycles. The summed E-state index contributed by atoms with van der Waals surface area (Å²) >= 11 is 0. The third-order valence-corrected chi connectivity index (χ3v) is 2.98. The summed E-state index contributed by atoms with van der Waals surface area (Å²) in [4.78, 5) is 18.0. The SMILES string of the molecule is CC1CNCCN1c1ncnc2nc[nH]c12. The zero-order valence-corrected chi connectivity index (χ0v) is 9.14. The zero-order chi connectivity index (χ0) is 11.0. The number of aromatic amines is 1. The molecule has 6 nitrogen and oxygen atoms in total. The highest BCUT2D eigenvalue weighted by Crippen LogP contribution is 2.21. The number of hydrogen-bond donors (Lipinski definition) is 2. The topological polar surface area (TPSA) is 69.7 Å². The Morgan fingerprint density at radius 1 is 1.38 bits per heavy atom. The first-order chi connectivity index (χ1) is 7.86. The van der Waals surface area contributed by atoms with Gasteiger partial charge < -0.3 is 15.2 Å². The largest absolute Gasteiger partial charge is 0.349 e. The molecule has 0 bridgehead atoms. The summed E-state index contributed by atoms with van der Waals surface area (Å²) in [6.07, 6.45) is 3.24. The first-order valence-electron chi connectivity index (χ1n) is 5.47. The van der Waals surface area contributed by atoms with Crippen LogP contribution in [0.4, 0.5) is 5.82 Å². The van der Waals surface area contributed by atoms with Crippen LogP contribution in [0.3, 0.4) is 0 Å². The molecule has 0 radical (unpaired) electrons. The molecule has 3 rings (SSSR count). The highest BCUT2D eigenvalue weighted by Gasteiger charge is 2.21. The van der Waals surface area contributed by atoms with Crippen molar-refractivity contribution in [2.45, 2.75) is 13.0 Å². The average Bonchev–Trinajstić information content (AvgIpc) is 2.77. The molecule has 16 heavy (non-hydrogen) atoms. The minimum absolute atomic E-state index is 0.440. The van der Waals surface area contributed by atoms with E-state index in [-0.39, 0.29) is 0 Å². The van der Waals surface area contributed by atoms with Gasteiger partial charge in [0.1, 0.15) is 11.8 Å². The van der Waals surface area contributed by atoms with Crippen LogP contribution in [0.15, 0.2) is 12.7 Å². The molecule has 1 aliphatic rings. The molecule has 6 heteroatoms. The van der Waals surface area contributed by atoms with Crippen LogP contribution < -0.4 is 10.2 Å². The van der Waals surface area contributed by atoms with Crippen molar-refractivity contribution >= 4 is 17.0 Å². The highest BCUT2D eigenvalue weighted by molar-refractivity contribution is 5.82. The van der Waals surface area contributed by atoms with Crippen molar-refractivity contribution in [3.05, 3.63) is 12.7 Å². The summed E-state index contributed by atoms with van der Waals surface area (Å²) < 4.78 is 0. The van der Waals surface area contributed by atoms with Crippen LogP contribution in [-0.2, 0) is 0 Å². The molecule has 1 unspecified atom stereocenters. The van der Waals surface area contributed by atoms with E-state index in [9.17, 15) is 0 Å². The monoisotopic (exact) mass is 218 g/mol. The van der Waals surface area contributed by atoms with Gasteiger partial charge in [-0.2, -0.15) is 0 Å². The zero-order valence-electron chi connectivity index (χ0n) is 9.14. The Kier molecular flexibility index (Phi) is 2.21. The normalized spacial score (nSPS) is 21.6. The third kappa shape index (κ3) is 1.42. The van der Waals surface area contributed by atoms with Gasteiger partial charge in [-0.3, -0.25) is 0 Å². The summed E-state index contributed by atoms with van der Waals surface area (Å²) in [6.45, 7) is 5.13. The lowest BCUT2D eigenvalue weighted by Crippen LogP contribution is -2.50. The van der Waals surface area contributed by atoms with Gasteiger partial charge in [-0.05, 0) is 6.92 Å². The molecule has 0 aromatic carbocycles. The maximum atomic E-state index is 4.37. The maximum Gasteiger partial charge on any atom is 0.182 e. The van der Waals surface area contributed by atoms with Crippen LogP contribution >= 0.6 is 0 Å². The van der Waals surface area contributed by atoms with E-state index in [1.165, 1.54) is 0 Å². The molecule has 2 N–H and O–H groups in total. The van der Waals surface area contributed by atoms with Crippen molar-refractivity contribution in [3.8, 4) is 0 Å². The second-order valence-corrected chi connectivity index (χ2v) is 4.04. The van der Waals surface area contributed by atoms with Crippen LogP contribution in [0.5, 0.6) is 0 Å². The lowest BCUT2D eigenvalue weighted by atomic mass is 10.2.